The van der Waals surface area contributed by atoms with Crippen LogP contribution in [0, 0.1) is 0 Å². The minimum atomic E-state index is -1.14. The summed E-state index contributed by atoms with van der Waals surface area (Å²) in [7, 11) is 0. The van der Waals surface area contributed by atoms with Crippen LogP contribution in [-0.4, -0.2) is 39.7 Å². The fraction of sp³-hybridized carbons (Fsp3) is 0.294. The quantitative estimate of drug-likeness (QED) is 0.833. The molecule has 0 saturated heterocycles. The maximum atomic E-state index is 13.0. The average molecular weight is 376 g/mol. The average Bonchev–Trinajstić information content (AvgIpc) is 2.57. The Bertz CT molecular complexity index is 858. The Hall–Kier alpha value is -2.87. The maximum absolute atomic E-state index is 13.0. The number of halogens is 1. The third kappa shape index (κ3) is 3.55. The van der Waals surface area contributed by atoms with E-state index in [-0.39, 0.29) is 12.6 Å². The van der Waals surface area contributed by atoms with E-state index in [4.69, 9.17) is 11.6 Å². The smallest absolute Gasteiger partial charge is 0.331 e. The monoisotopic (exact) mass is 375 g/mol. The van der Waals surface area contributed by atoms with Crippen molar-refractivity contribution in [3.05, 3.63) is 41.0 Å². The molecule has 136 valence electrons. The van der Waals surface area contributed by atoms with Crippen LogP contribution in [0.5, 0.6) is 0 Å². The Morgan fingerprint density at radius 2 is 2.12 bits per heavy atom. The second kappa shape index (κ2) is 7.17. The first kappa shape index (κ1) is 17.9. The van der Waals surface area contributed by atoms with Crippen molar-refractivity contribution in [2.75, 3.05) is 21.7 Å². The first-order valence-corrected chi connectivity index (χ1v) is 8.42. The number of fused-ring (bicyclic) bond motifs is 1. The summed E-state index contributed by atoms with van der Waals surface area (Å²) in [5.74, 6) is -0.505. The van der Waals surface area contributed by atoms with Gasteiger partial charge in [0.2, 0.25) is 5.95 Å². The van der Waals surface area contributed by atoms with Gasteiger partial charge in [-0.25, -0.2) is 9.78 Å². The highest BCUT2D eigenvalue weighted by Crippen LogP contribution is 2.34. The molecular formula is C17H18ClN5O3. The number of carboxylic acid groups (broad SMARTS) is 1. The Balaban J connectivity index is 2.05. The van der Waals surface area contributed by atoms with Crippen LogP contribution >= 0.6 is 11.6 Å². The van der Waals surface area contributed by atoms with E-state index >= 15 is 0 Å². The number of urea groups is 1. The van der Waals surface area contributed by atoms with Gasteiger partial charge in [-0.3, -0.25) is 14.6 Å². The van der Waals surface area contributed by atoms with Gasteiger partial charge in [0, 0.05) is 17.8 Å². The summed E-state index contributed by atoms with van der Waals surface area (Å²) in [4.78, 5) is 35.4. The number of nitrogens with one attached hydrogen (secondary N) is 1. The van der Waals surface area contributed by atoms with Gasteiger partial charge in [0.05, 0.1) is 17.3 Å². The number of rotatable bonds is 5. The van der Waals surface area contributed by atoms with Gasteiger partial charge < -0.3 is 10.4 Å². The molecule has 3 rings (SSSR count). The molecule has 8 nitrogen and oxygen atoms in total. The number of anilines is 3. The highest BCUT2D eigenvalue weighted by molar-refractivity contribution is 6.34. The number of carboxylic acids is 1. The van der Waals surface area contributed by atoms with E-state index in [0.717, 1.165) is 4.90 Å². The number of carbonyl (C=O) groups is 2. The molecule has 0 fully saturated rings. The van der Waals surface area contributed by atoms with E-state index in [1.54, 1.807) is 30.5 Å². The molecule has 1 aromatic carbocycles. The van der Waals surface area contributed by atoms with Crippen molar-refractivity contribution in [2.24, 2.45) is 0 Å². The first-order chi connectivity index (χ1) is 12.4. The Kier molecular flexibility index (Phi) is 4.94. The molecule has 1 aromatic heterocycles. The Morgan fingerprint density at radius 3 is 2.77 bits per heavy atom. The molecule has 2 amide bonds. The van der Waals surface area contributed by atoms with Crippen LogP contribution in [0.25, 0.3) is 0 Å². The first-order valence-electron chi connectivity index (χ1n) is 8.04. The number of aromatic nitrogens is 2. The second-order valence-electron chi connectivity index (χ2n) is 6.14. The number of amides is 2. The van der Waals surface area contributed by atoms with Crippen molar-refractivity contribution in [1.29, 1.82) is 0 Å². The lowest BCUT2D eigenvalue weighted by Gasteiger charge is -2.35. The maximum Gasteiger partial charge on any atom is 0.331 e. The van der Waals surface area contributed by atoms with Crippen molar-refractivity contribution in [3.63, 3.8) is 0 Å². The molecule has 0 saturated carbocycles. The largest absolute Gasteiger partial charge is 0.480 e. The van der Waals surface area contributed by atoms with Crippen LogP contribution < -0.4 is 15.1 Å². The molecule has 0 spiro atoms. The number of nitrogens with zero attached hydrogens (tertiary/aromatic N) is 4. The van der Waals surface area contributed by atoms with Crippen LogP contribution in [-0.2, 0) is 11.3 Å². The number of hydrogen-bond acceptors (Lipinski definition) is 5. The van der Waals surface area contributed by atoms with Crippen molar-refractivity contribution in [1.82, 2.24) is 9.97 Å². The zero-order valence-corrected chi connectivity index (χ0v) is 15.1. The van der Waals surface area contributed by atoms with E-state index in [1.165, 1.54) is 4.90 Å². The molecular weight excluding hydrogens is 358 g/mol. The molecule has 0 unspecified atom stereocenters. The van der Waals surface area contributed by atoms with Gasteiger partial charge in [-0.1, -0.05) is 23.7 Å². The molecule has 9 heteroatoms. The number of carbonyl (C=O) groups excluding carboxylic acids is 1. The van der Waals surface area contributed by atoms with E-state index in [2.05, 4.69) is 15.3 Å². The summed E-state index contributed by atoms with van der Waals surface area (Å²) in [6.45, 7) is 3.56. The fourth-order valence-corrected chi connectivity index (χ4v) is 2.92. The number of benzene rings is 1. The van der Waals surface area contributed by atoms with Gasteiger partial charge >= 0.3 is 12.0 Å². The summed E-state index contributed by atoms with van der Waals surface area (Å²) in [6, 6.07) is 6.50. The van der Waals surface area contributed by atoms with Gasteiger partial charge in [0.1, 0.15) is 12.4 Å². The number of para-hydroxylation sites is 1. The van der Waals surface area contributed by atoms with E-state index in [1.807, 2.05) is 13.8 Å². The van der Waals surface area contributed by atoms with Crippen LogP contribution in [0.15, 0.2) is 30.5 Å². The molecule has 0 aliphatic carbocycles. The highest BCUT2D eigenvalue weighted by Gasteiger charge is 2.35. The van der Waals surface area contributed by atoms with Crippen LogP contribution in [0.3, 0.4) is 0 Å². The summed E-state index contributed by atoms with van der Waals surface area (Å²) < 4.78 is 0. The highest BCUT2D eigenvalue weighted by atomic mass is 35.5. The predicted molar refractivity (Wildman–Crippen MR) is 98.8 cm³/mol. The minimum absolute atomic E-state index is 0.0971. The zero-order valence-electron chi connectivity index (χ0n) is 14.3. The number of aliphatic carboxylic acids is 1. The Labute approximate surface area is 155 Å². The van der Waals surface area contributed by atoms with E-state index < -0.39 is 18.5 Å². The van der Waals surface area contributed by atoms with Crippen LogP contribution in [0.1, 0.15) is 19.4 Å². The molecule has 26 heavy (non-hydrogen) atoms. The summed E-state index contributed by atoms with van der Waals surface area (Å²) >= 11 is 6.22. The lowest BCUT2D eigenvalue weighted by molar-refractivity contribution is -0.135. The molecule has 0 bridgehead atoms. The van der Waals surface area contributed by atoms with E-state index in [9.17, 15) is 14.7 Å². The number of hydrogen-bond donors (Lipinski definition) is 2. The Morgan fingerprint density at radius 1 is 1.38 bits per heavy atom. The molecule has 0 radical (unpaired) electrons. The van der Waals surface area contributed by atoms with Gasteiger partial charge in [0.15, 0.2) is 0 Å². The van der Waals surface area contributed by atoms with Crippen molar-refractivity contribution >= 4 is 41.1 Å². The molecule has 1 aliphatic heterocycles. The van der Waals surface area contributed by atoms with Gasteiger partial charge in [0.25, 0.3) is 0 Å². The summed E-state index contributed by atoms with van der Waals surface area (Å²) in [6.07, 6.45) is 1.60. The summed E-state index contributed by atoms with van der Waals surface area (Å²) in [5, 5.41) is 12.7. The minimum Gasteiger partial charge on any atom is -0.480 e. The molecule has 0 atom stereocenters. The third-order valence-electron chi connectivity index (χ3n) is 3.74. The molecule has 2 N–H and O–H groups in total. The zero-order chi connectivity index (χ0) is 18.8. The van der Waals surface area contributed by atoms with Crippen LogP contribution in [0.4, 0.5) is 22.2 Å². The normalized spacial score (nSPS) is 13.8. The van der Waals surface area contributed by atoms with Gasteiger partial charge in [-0.15, -0.1) is 0 Å². The second-order valence-corrected chi connectivity index (χ2v) is 6.55. The molecule has 2 aromatic rings. The van der Waals surface area contributed by atoms with Crippen molar-refractivity contribution in [3.8, 4) is 0 Å². The third-order valence-corrected chi connectivity index (χ3v) is 4.06. The molecule has 2 heterocycles. The summed E-state index contributed by atoms with van der Waals surface area (Å²) in [5.41, 5.74) is 1.14. The predicted octanol–water partition coefficient (Wildman–Crippen LogP) is 2.98. The standard InChI is InChI=1S/C17H18ClN5O3/c1-10(2)20-16-19-7-11-8-22(13-6-4-3-5-12(13)18)17(26)23(9-14(24)25)15(11)21-16/h3-7,10H,8-9H2,1-2H3,(H,24,25)(H,19,20,21). The molecule has 1 aliphatic rings. The van der Waals surface area contributed by atoms with Gasteiger partial charge in [-0.2, -0.15) is 4.98 Å². The SMILES string of the molecule is CC(C)Nc1ncc2c(n1)N(CC(=O)O)C(=O)N(c1ccccc1Cl)C2. The lowest BCUT2D eigenvalue weighted by atomic mass is 10.2. The van der Waals surface area contributed by atoms with E-state index in [0.29, 0.717) is 28.0 Å². The van der Waals surface area contributed by atoms with Crippen molar-refractivity contribution in [2.45, 2.75) is 26.4 Å². The fourth-order valence-electron chi connectivity index (χ4n) is 2.68. The lowest BCUT2D eigenvalue weighted by Crippen LogP contribution is -2.50. The van der Waals surface area contributed by atoms with Crippen molar-refractivity contribution < 1.29 is 14.7 Å². The van der Waals surface area contributed by atoms with Crippen LogP contribution in [0.2, 0.25) is 5.02 Å². The topological polar surface area (TPSA) is 98.7 Å². The van der Waals surface area contributed by atoms with Gasteiger partial charge in [-0.05, 0) is 26.0 Å².